The van der Waals surface area contributed by atoms with Gasteiger partial charge in [-0.15, -0.1) is 0 Å². The van der Waals surface area contributed by atoms with Gasteiger partial charge < -0.3 is 23.7 Å². The van der Waals surface area contributed by atoms with Gasteiger partial charge in [-0.1, -0.05) is 6.07 Å². The second kappa shape index (κ2) is 9.80. The lowest BCUT2D eigenvalue weighted by molar-refractivity contribution is -0.155. The summed E-state index contributed by atoms with van der Waals surface area (Å²) >= 11 is 0. The van der Waals surface area contributed by atoms with Crippen LogP contribution in [0.25, 0.3) is 0 Å². The summed E-state index contributed by atoms with van der Waals surface area (Å²) in [6.45, 7) is -0.551. The van der Waals surface area contributed by atoms with Gasteiger partial charge in [0, 0.05) is 7.11 Å². The molecule has 1 fully saturated rings. The van der Waals surface area contributed by atoms with E-state index in [0.717, 1.165) is 38.7 Å². The maximum absolute atomic E-state index is 12.9. The minimum atomic E-state index is -4.69. The summed E-state index contributed by atoms with van der Waals surface area (Å²) in [6, 6.07) is 3.43. The number of hydrogen-bond acceptors (Lipinski definition) is 10. The first-order valence-electron chi connectivity index (χ1n) is 8.51. The maximum Gasteiger partial charge on any atom is 0.508 e. The molecule has 14 heteroatoms. The van der Waals surface area contributed by atoms with Crippen LogP contribution in [0.15, 0.2) is 24.3 Å². The fourth-order valence-electron chi connectivity index (χ4n) is 2.68. The standard InChI is InChI=1S/C17H19F3O10S/c1-25-15-13(29-14(21)9-5-4-6-10(7-9)17(18,19)20)12(30-31(3,23)24)11(28-15)8-27-16(22)26-2/h4-7,11-13,15H,8H2,1-3H3/t11-,12+,13-,15+/m1/s1. The molecule has 0 saturated carbocycles. The molecular weight excluding hydrogens is 453 g/mol. The van der Waals surface area contributed by atoms with Crippen molar-refractivity contribution < 1.29 is 59.0 Å². The van der Waals surface area contributed by atoms with Gasteiger partial charge in [-0.25, -0.2) is 9.59 Å². The highest BCUT2D eigenvalue weighted by molar-refractivity contribution is 7.86. The Balaban J connectivity index is 2.27. The zero-order valence-electron chi connectivity index (χ0n) is 16.5. The van der Waals surface area contributed by atoms with Crippen LogP contribution in [0.2, 0.25) is 0 Å². The van der Waals surface area contributed by atoms with Crippen molar-refractivity contribution in [1.82, 2.24) is 0 Å². The fourth-order valence-corrected chi connectivity index (χ4v) is 3.32. The normalized spacial score (nSPS) is 23.9. The second-order valence-electron chi connectivity index (χ2n) is 6.26. The minimum Gasteiger partial charge on any atom is -0.450 e. The second-order valence-corrected chi connectivity index (χ2v) is 7.86. The van der Waals surface area contributed by atoms with Gasteiger partial charge in [0.15, 0.2) is 12.4 Å². The van der Waals surface area contributed by atoms with Crippen molar-refractivity contribution in [3.05, 3.63) is 35.4 Å². The van der Waals surface area contributed by atoms with Gasteiger partial charge in [0.25, 0.3) is 10.1 Å². The Bertz CT molecular complexity index is 902. The van der Waals surface area contributed by atoms with Crippen molar-refractivity contribution in [3.63, 3.8) is 0 Å². The first-order valence-corrected chi connectivity index (χ1v) is 10.3. The number of carbonyl (C=O) groups excluding carboxylic acids is 2. The molecule has 31 heavy (non-hydrogen) atoms. The van der Waals surface area contributed by atoms with E-state index in [1.807, 2.05) is 0 Å². The molecular formula is C17H19F3O10S. The largest absolute Gasteiger partial charge is 0.508 e. The Morgan fingerprint density at radius 3 is 2.39 bits per heavy atom. The molecule has 1 aromatic rings. The molecule has 1 aromatic carbocycles. The molecule has 0 amide bonds. The first kappa shape index (κ1) is 24.8. The predicted molar refractivity (Wildman–Crippen MR) is 94.4 cm³/mol. The SMILES string of the molecule is COC(=O)OC[C@H]1O[C@H](OC)[C@H](OC(=O)c2cccc(C(F)(F)F)c2)[C@H]1OS(C)(=O)=O. The van der Waals surface area contributed by atoms with E-state index in [-0.39, 0.29) is 0 Å². The summed E-state index contributed by atoms with van der Waals surface area (Å²) in [5, 5.41) is 0. The summed E-state index contributed by atoms with van der Waals surface area (Å²) in [4.78, 5) is 23.7. The minimum absolute atomic E-state index is 0.447. The fraction of sp³-hybridized carbons (Fsp3) is 0.529. The summed E-state index contributed by atoms with van der Waals surface area (Å²) in [5.74, 6) is -1.21. The molecule has 1 aliphatic rings. The average molecular weight is 472 g/mol. The van der Waals surface area contributed by atoms with Crippen LogP contribution in [0.3, 0.4) is 0 Å². The molecule has 1 saturated heterocycles. The van der Waals surface area contributed by atoms with E-state index in [1.165, 1.54) is 0 Å². The van der Waals surface area contributed by atoms with Crippen LogP contribution >= 0.6 is 0 Å². The molecule has 1 aliphatic heterocycles. The number of halogens is 3. The van der Waals surface area contributed by atoms with Gasteiger partial charge in [-0.05, 0) is 18.2 Å². The summed E-state index contributed by atoms with van der Waals surface area (Å²) in [5.41, 5.74) is -1.53. The predicted octanol–water partition coefficient (Wildman–Crippen LogP) is 1.73. The number of ether oxygens (including phenoxy) is 5. The molecule has 0 bridgehead atoms. The van der Waals surface area contributed by atoms with Crippen LogP contribution in [0.5, 0.6) is 0 Å². The third-order valence-electron chi connectivity index (χ3n) is 3.99. The number of alkyl halides is 3. The van der Waals surface area contributed by atoms with Crippen LogP contribution in [-0.4, -0.2) is 72.2 Å². The third kappa shape index (κ3) is 6.78. The number of esters is 1. The summed E-state index contributed by atoms with van der Waals surface area (Å²) in [7, 11) is -1.93. The Kier molecular flexibility index (Phi) is 7.86. The third-order valence-corrected chi connectivity index (χ3v) is 4.56. The molecule has 4 atom stereocenters. The number of carbonyl (C=O) groups is 2. The van der Waals surface area contributed by atoms with Crippen LogP contribution in [0.1, 0.15) is 15.9 Å². The molecule has 10 nitrogen and oxygen atoms in total. The zero-order valence-corrected chi connectivity index (χ0v) is 17.3. The van der Waals surface area contributed by atoms with E-state index in [4.69, 9.17) is 23.1 Å². The van der Waals surface area contributed by atoms with Crippen molar-refractivity contribution in [2.75, 3.05) is 27.1 Å². The Labute approximate surface area is 175 Å². The Morgan fingerprint density at radius 2 is 1.84 bits per heavy atom. The van der Waals surface area contributed by atoms with E-state index in [0.29, 0.717) is 6.07 Å². The highest BCUT2D eigenvalue weighted by atomic mass is 32.2. The van der Waals surface area contributed by atoms with Crippen LogP contribution in [0, 0.1) is 0 Å². The van der Waals surface area contributed by atoms with Gasteiger partial charge in [0.1, 0.15) is 18.8 Å². The van der Waals surface area contributed by atoms with E-state index >= 15 is 0 Å². The highest BCUT2D eigenvalue weighted by Crippen LogP contribution is 2.32. The van der Waals surface area contributed by atoms with Gasteiger partial charge in [-0.2, -0.15) is 21.6 Å². The maximum atomic E-state index is 12.9. The van der Waals surface area contributed by atoms with Crippen LogP contribution in [0.4, 0.5) is 18.0 Å². The van der Waals surface area contributed by atoms with E-state index < -0.39 is 70.8 Å². The van der Waals surface area contributed by atoms with Gasteiger partial charge >= 0.3 is 18.3 Å². The lowest BCUT2D eigenvalue weighted by Gasteiger charge is -2.23. The van der Waals surface area contributed by atoms with Gasteiger partial charge in [-0.3, -0.25) is 4.18 Å². The van der Waals surface area contributed by atoms with E-state index in [1.54, 1.807) is 0 Å². The molecule has 0 radical (unpaired) electrons. The molecule has 174 valence electrons. The number of benzene rings is 1. The smallest absolute Gasteiger partial charge is 0.450 e. The molecule has 0 spiro atoms. The van der Waals surface area contributed by atoms with Crippen molar-refractivity contribution >= 4 is 22.2 Å². The molecule has 0 aromatic heterocycles. The molecule has 0 unspecified atom stereocenters. The Morgan fingerprint density at radius 1 is 1.16 bits per heavy atom. The van der Waals surface area contributed by atoms with E-state index in [2.05, 4.69) is 4.74 Å². The van der Waals surface area contributed by atoms with Crippen molar-refractivity contribution in [2.45, 2.75) is 30.8 Å². The van der Waals surface area contributed by atoms with Crippen LogP contribution < -0.4 is 0 Å². The number of hydrogen-bond donors (Lipinski definition) is 0. The summed E-state index contributed by atoms with van der Waals surface area (Å²) in [6.07, 6.45) is -10.8. The number of methoxy groups -OCH3 is 2. The lowest BCUT2D eigenvalue weighted by atomic mass is 10.1. The molecule has 0 aliphatic carbocycles. The first-order chi connectivity index (χ1) is 14.4. The van der Waals surface area contributed by atoms with Crippen molar-refractivity contribution in [3.8, 4) is 0 Å². The molecule has 2 rings (SSSR count). The summed E-state index contributed by atoms with van der Waals surface area (Å²) < 4.78 is 91.5. The van der Waals surface area contributed by atoms with Crippen molar-refractivity contribution in [1.29, 1.82) is 0 Å². The average Bonchev–Trinajstić information content (AvgIpc) is 3.00. The van der Waals surface area contributed by atoms with Gasteiger partial charge in [0.2, 0.25) is 0 Å². The highest BCUT2D eigenvalue weighted by Gasteiger charge is 2.50. The quantitative estimate of drug-likeness (QED) is 0.428. The monoisotopic (exact) mass is 472 g/mol. The van der Waals surface area contributed by atoms with Crippen LogP contribution in [-0.2, 0) is 44.2 Å². The van der Waals surface area contributed by atoms with Crippen molar-refractivity contribution in [2.24, 2.45) is 0 Å². The Hall–Kier alpha value is -2.42. The molecule has 0 N–H and O–H groups in total. The topological polar surface area (TPSA) is 124 Å². The molecule has 1 heterocycles. The van der Waals surface area contributed by atoms with E-state index in [9.17, 15) is 31.2 Å². The number of rotatable bonds is 7. The zero-order chi connectivity index (χ0) is 23.4. The van der Waals surface area contributed by atoms with Gasteiger partial charge in [0.05, 0.1) is 24.5 Å². The lowest BCUT2D eigenvalue weighted by Crippen LogP contribution is -2.42.